The molecular formula is C21H26ClN5O3S. The number of halogens is 1. The molecule has 31 heavy (non-hydrogen) atoms. The number of anilines is 1. The molecule has 0 spiro atoms. The molecule has 0 bridgehead atoms. The first-order valence-corrected chi connectivity index (χ1v) is 10.5. The first-order chi connectivity index (χ1) is 14.5. The molecule has 166 valence electrons. The summed E-state index contributed by atoms with van der Waals surface area (Å²) in [7, 11) is 1.61. The molecule has 3 rings (SSSR count). The molecule has 2 heterocycles. The van der Waals surface area contributed by atoms with E-state index in [0.717, 1.165) is 10.4 Å². The van der Waals surface area contributed by atoms with E-state index >= 15 is 0 Å². The van der Waals surface area contributed by atoms with E-state index in [1.807, 2.05) is 44.2 Å². The maximum atomic E-state index is 12.2. The third kappa shape index (κ3) is 6.44. The summed E-state index contributed by atoms with van der Waals surface area (Å²) in [5.74, 6) is -0.189. The van der Waals surface area contributed by atoms with Crippen molar-refractivity contribution in [1.82, 2.24) is 20.1 Å². The quantitative estimate of drug-likeness (QED) is 0.473. The summed E-state index contributed by atoms with van der Waals surface area (Å²) in [4.78, 5) is 29.8. The lowest BCUT2D eigenvalue weighted by Crippen LogP contribution is -2.30. The standard InChI is InChI=1S/C21H25N5O3S.ClH/c1-14(2)26-18(28)10-9-16(25-26)20-19(15-7-5-4-6-8-15)24-21(30-20)23-17(27)13-22-11-12-29-3;/h4-10,14,22H,11-13H2,1-3H3,(H,23,24,27);1H. The predicted molar refractivity (Wildman–Crippen MR) is 126 cm³/mol. The maximum absolute atomic E-state index is 12.2. The Hall–Kier alpha value is -2.59. The Bertz CT molecular complexity index is 1050. The average molecular weight is 464 g/mol. The Morgan fingerprint density at radius 2 is 1.94 bits per heavy atom. The minimum atomic E-state index is -0.189. The van der Waals surface area contributed by atoms with Crippen molar-refractivity contribution in [3.8, 4) is 21.8 Å². The van der Waals surface area contributed by atoms with Gasteiger partial charge in [-0.05, 0) is 19.9 Å². The molecule has 0 aliphatic carbocycles. The van der Waals surface area contributed by atoms with Gasteiger partial charge >= 0.3 is 0 Å². The van der Waals surface area contributed by atoms with Crippen LogP contribution >= 0.6 is 23.7 Å². The van der Waals surface area contributed by atoms with Crippen molar-refractivity contribution in [2.45, 2.75) is 19.9 Å². The zero-order valence-electron chi connectivity index (χ0n) is 17.6. The summed E-state index contributed by atoms with van der Waals surface area (Å²) < 4.78 is 6.40. The van der Waals surface area contributed by atoms with Crippen LogP contribution in [0.1, 0.15) is 19.9 Å². The van der Waals surface area contributed by atoms with E-state index in [1.165, 1.54) is 22.1 Å². The number of benzene rings is 1. The number of hydrogen-bond donors (Lipinski definition) is 2. The Morgan fingerprint density at radius 3 is 2.61 bits per heavy atom. The van der Waals surface area contributed by atoms with Crippen LogP contribution in [0.3, 0.4) is 0 Å². The van der Waals surface area contributed by atoms with Gasteiger partial charge in [0, 0.05) is 25.3 Å². The number of aromatic nitrogens is 3. The Kier molecular flexibility index (Phi) is 9.32. The third-order valence-electron chi connectivity index (χ3n) is 4.24. The Morgan fingerprint density at radius 1 is 1.19 bits per heavy atom. The summed E-state index contributed by atoms with van der Waals surface area (Å²) >= 11 is 1.33. The van der Waals surface area contributed by atoms with Crippen molar-refractivity contribution < 1.29 is 9.53 Å². The average Bonchev–Trinajstić information content (AvgIpc) is 3.15. The summed E-state index contributed by atoms with van der Waals surface area (Å²) in [6.07, 6.45) is 0. The van der Waals surface area contributed by atoms with Crippen LogP contribution in [0.2, 0.25) is 0 Å². The van der Waals surface area contributed by atoms with Gasteiger partial charge in [-0.15, -0.1) is 12.4 Å². The van der Waals surface area contributed by atoms with Crippen molar-refractivity contribution in [2.24, 2.45) is 0 Å². The molecular weight excluding hydrogens is 438 g/mol. The van der Waals surface area contributed by atoms with Gasteiger partial charge < -0.3 is 15.4 Å². The largest absolute Gasteiger partial charge is 0.383 e. The Labute approximate surface area is 191 Å². The molecule has 3 aromatic rings. The van der Waals surface area contributed by atoms with E-state index in [-0.39, 0.29) is 36.5 Å². The molecule has 0 saturated heterocycles. The highest BCUT2D eigenvalue weighted by atomic mass is 35.5. The molecule has 1 amide bonds. The van der Waals surface area contributed by atoms with E-state index in [9.17, 15) is 9.59 Å². The van der Waals surface area contributed by atoms with E-state index in [4.69, 9.17) is 4.74 Å². The number of carbonyl (C=O) groups excluding carboxylic acids is 1. The highest BCUT2D eigenvalue weighted by Gasteiger charge is 2.18. The van der Waals surface area contributed by atoms with Crippen LogP contribution in [0.5, 0.6) is 0 Å². The van der Waals surface area contributed by atoms with Gasteiger partial charge in [-0.2, -0.15) is 5.10 Å². The van der Waals surface area contributed by atoms with Crippen molar-refractivity contribution in [1.29, 1.82) is 0 Å². The number of ether oxygens (including phenoxy) is 1. The summed E-state index contributed by atoms with van der Waals surface area (Å²) in [6.45, 7) is 5.10. The molecule has 2 aromatic heterocycles. The molecule has 0 radical (unpaired) electrons. The first kappa shape index (κ1) is 24.7. The number of amides is 1. The number of nitrogens with zero attached hydrogens (tertiary/aromatic N) is 3. The van der Waals surface area contributed by atoms with E-state index in [2.05, 4.69) is 20.7 Å². The second kappa shape index (κ2) is 11.7. The van der Waals surface area contributed by atoms with Crippen molar-refractivity contribution >= 4 is 34.8 Å². The minimum Gasteiger partial charge on any atom is -0.383 e. The van der Waals surface area contributed by atoms with Gasteiger partial charge in [0.25, 0.3) is 5.56 Å². The highest BCUT2D eigenvalue weighted by molar-refractivity contribution is 7.19. The number of rotatable bonds is 9. The van der Waals surface area contributed by atoms with Gasteiger partial charge in [0.1, 0.15) is 5.69 Å². The van der Waals surface area contributed by atoms with Gasteiger partial charge in [-0.3, -0.25) is 9.59 Å². The summed E-state index contributed by atoms with van der Waals surface area (Å²) in [5.41, 5.74) is 2.10. The predicted octanol–water partition coefficient (Wildman–Crippen LogP) is 3.21. The Balaban J connectivity index is 0.00000341. The van der Waals surface area contributed by atoms with Gasteiger partial charge in [-0.25, -0.2) is 9.67 Å². The van der Waals surface area contributed by atoms with Gasteiger partial charge in [0.15, 0.2) is 5.13 Å². The van der Waals surface area contributed by atoms with Crippen LogP contribution in [0, 0.1) is 0 Å². The summed E-state index contributed by atoms with van der Waals surface area (Å²) in [6, 6.07) is 12.8. The van der Waals surface area contributed by atoms with Crippen LogP contribution in [0.15, 0.2) is 47.3 Å². The van der Waals surface area contributed by atoms with Gasteiger partial charge in [-0.1, -0.05) is 41.7 Å². The molecule has 0 aliphatic rings. The number of methoxy groups -OCH3 is 1. The van der Waals surface area contributed by atoms with Crippen LogP contribution in [0.4, 0.5) is 5.13 Å². The van der Waals surface area contributed by atoms with Crippen molar-refractivity contribution in [3.63, 3.8) is 0 Å². The van der Waals surface area contributed by atoms with Crippen LogP contribution < -0.4 is 16.2 Å². The third-order valence-corrected chi connectivity index (χ3v) is 5.23. The lowest BCUT2D eigenvalue weighted by atomic mass is 10.1. The van der Waals surface area contributed by atoms with E-state index in [1.54, 1.807) is 13.2 Å². The molecule has 2 N–H and O–H groups in total. The normalized spacial score (nSPS) is 10.7. The van der Waals surface area contributed by atoms with Crippen molar-refractivity contribution in [2.75, 3.05) is 32.1 Å². The second-order valence-electron chi connectivity index (χ2n) is 6.88. The zero-order valence-corrected chi connectivity index (χ0v) is 19.3. The van der Waals surface area contributed by atoms with E-state index < -0.39 is 0 Å². The first-order valence-electron chi connectivity index (χ1n) is 9.65. The number of thiazole rings is 1. The van der Waals surface area contributed by atoms with Crippen LogP contribution in [0.25, 0.3) is 21.8 Å². The molecule has 0 saturated carbocycles. The molecule has 0 aliphatic heterocycles. The lowest BCUT2D eigenvalue weighted by Gasteiger charge is -2.09. The fraction of sp³-hybridized carbons (Fsp3) is 0.333. The number of nitrogens with one attached hydrogen (secondary N) is 2. The molecule has 0 fully saturated rings. The molecule has 1 aromatic carbocycles. The molecule has 0 atom stereocenters. The molecule has 0 unspecified atom stereocenters. The number of carbonyl (C=O) groups is 1. The number of hydrogen-bond acceptors (Lipinski definition) is 7. The zero-order chi connectivity index (χ0) is 21.5. The SMILES string of the molecule is COCCNCC(=O)Nc1nc(-c2ccccc2)c(-c2ccc(=O)n(C(C)C)n2)s1.Cl. The fourth-order valence-electron chi connectivity index (χ4n) is 2.79. The summed E-state index contributed by atoms with van der Waals surface area (Å²) in [5, 5.41) is 10.8. The van der Waals surface area contributed by atoms with Crippen LogP contribution in [-0.2, 0) is 9.53 Å². The van der Waals surface area contributed by atoms with Crippen LogP contribution in [-0.4, -0.2) is 47.5 Å². The van der Waals surface area contributed by atoms with Crippen molar-refractivity contribution in [3.05, 3.63) is 52.8 Å². The smallest absolute Gasteiger partial charge is 0.267 e. The van der Waals surface area contributed by atoms with E-state index in [0.29, 0.717) is 29.7 Å². The second-order valence-corrected chi connectivity index (χ2v) is 7.87. The lowest BCUT2D eigenvalue weighted by molar-refractivity contribution is -0.115. The highest BCUT2D eigenvalue weighted by Crippen LogP contribution is 2.37. The monoisotopic (exact) mass is 463 g/mol. The van der Waals surface area contributed by atoms with Gasteiger partial charge in [0.05, 0.1) is 29.8 Å². The minimum absolute atomic E-state index is 0. The topological polar surface area (TPSA) is 98.1 Å². The van der Waals surface area contributed by atoms with Gasteiger partial charge in [0.2, 0.25) is 5.91 Å². The molecule has 10 heteroatoms. The maximum Gasteiger partial charge on any atom is 0.267 e. The molecule has 8 nitrogen and oxygen atoms in total. The fourth-order valence-corrected chi connectivity index (χ4v) is 3.76.